The number of nitrogens with one attached hydrogen (secondary N) is 3. The number of guanidine groups is 1. The van der Waals surface area contributed by atoms with Gasteiger partial charge in [-0.05, 0) is 36.2 Å². The molecule has 0 bridgehead atoms. The number of para-hydroxylation sites is 1. The van der Waals surface area contributed by atoms with Gasteiger partial charge in [0.15, 0.2) is 5.96 Å². The molecule has 3 N–H and O–H groups in total. The number of hydrogen-bond acceptors (Lipinski definition) is 4. The fraction of sp³-hybridized carbons (Fsp3) is 0.364. The molecule has 0 fully saturated rings. The highest BCUT2D eigenvalue weighted by Crippen LogP contribution is 2.28. The van der Waals surface area contributed by atoms with Gasteiger partial charge in [-0.2, -0.15) is 0 Å². The summed E-state index contributed by atoms with van der Waals surface area (Å²) in [4.78, 5) is 16.1. The van der Waals surface area contributed by atoms with Crippen LogP contribution in [0.3, 0.4) is 0 Å². The van der Waals surface area contributed by atoms with Crippen LogP contribution >= 0.6 is 0 Å². The lowest BCUT2D eigenvalue weighted by molar-refractivity contribution is -0.114. The van der Waals surface area contributed by atoms with Gasteiger partial charge < -0.3 is 25.4 Å². The number of carbonyl (C=O) groups excluding carboxylic acids is 1. The first-order chi connectivity index (χ1) is 14.1. The number of rotatable bonds is 7. The predicted molar refractivity (Wildman–Crippen MR) is 115 cm³/mol. The van der Waals surface area contributed by atoms with E-state index in [2.05, 4.69) is 27.0 Å². The van der Waals surface area contributed by atoms with Crippen LogP contribution in [-0.4, -0.2) is 38.2 Å². The monoisotopic (exact) mass is 396 g/mol. The molecule has 1 amide bonds. The topological polar surface area (TPSA) is 84.0 Å². The quantitative estimate of drug-likeness (QED) is 0.495. The van der Waals surface area contributed by atoms with Gasteiger partial charge in [-0.25, -0.2) is 4.99 Å². The summed E-state index contributed by atoms with van der Waals surface area (Å²) in [5.74, 6) is 2.17. The van der Waals surface area contributed by atoms with Crippen LogP contribution in [0.25, 0.3) is 0 Å². The Balaban J connectivity index is 1.61. The van der Waals surface area contributed by atoms with E-state index in [0.29, 0.717) is 24.5 Å². The number of hydrogen-bond donors (Lipinski definition) is 3. The van der Waals surface area contributed by atoms with Crippen molar-refractivity contribution in [1.82, 2.24) is 10.6 Å². The summed E-state index contributed by atoms with van der Waals surface area (Å²) in [5.41, 5.74) is 2.85. The van der Waals surface area contributed by atoms with Gasteiger partial charge in [0.1, 0.15) is 17.6 Å². The molecule has 1 unspecified atom stereocenters. The van der Waals surface area contributed by atoms with Crippen molar-refractivity contribution in [1.29, 1.82) is 0 Å². The number of amides is 1. The Bertz CT molecular complexity index is 857. The van der Waals surface area contributed by atoms with Gasteiger partial charge in [0.05, 0.1) is 25.9 Å². The van der Waals surface area contributed by atoms with E-state index < -0.39 is 0 Å². The zero-order valence-electron chi connectivity index (χ0n) is 17.1. The number of nitrogens with zero attached hydrogens (tertiary/aromatic N) is 1. The number of ether oxygens (including phenoxy) is 2. The molecule has 29 heavy (non-hydrogen) atoms. The summed E-state index contributed by atoms with van der Waals surface area (Å²) in [6, 6.07) is 13.8. The Morgan fingerprint density at radius 1 is 1.24 bits per heavy atom. The van der Waals surface area contributed by atoms with Crippen molar-refractivity contribution in [3.63, 3.8) is 0 Å². The van der Waals surface area contributed by atoms with Gasteiger partial charge in [-0.1, -0.05) is 24.3 Å². The highest BCUT2D eigenvalue weighted by Gasteiger charge is 2.22. The summed E-state index contributed by atoms with van der Waals surface area (Å²) in [6.45, 7) is 5.40. The lowest BCUT2D eigenvalue weighted by Crippen LogP contribution is -2.42. The Labute approximate surface area is 171 Å². The SMILES string of the molecule is CCNC(=NCc1ccc(OC)c(NC(C)=O)c1)NCC1Cc2ccccc2O1. The van der Waals surface area contributed by atoms with E-state index in [9.17, 15) is 4.79 Å². The second kappa shape index (κ2) is 9.82. The Hall–Kier alpha value is -3.22. The van der Waals surface area contributed by atoms with Crippen LogP contribution in [0.5, 0.6) is 11.5 Å². The normalized spacial score (nSPS) is 15.3. The molecular weight excluding hydrogens is 368 g/mol. The molecule has 0 spiro atoms. The molecule has 0 saturated carbocycles. The minimum absolute atomic E-state index is 0.0867. The Morgan fingerprint density at radius 3 is 2.79 bits per heavy atom. The van der Waals surface area contributed by atoms with Crippen LogP contribution in [0, 0.1) is 0 Å². The van der Waals surface area contributed by atoms with Crippen LogP contribution < -0.4 is 25.4 Å². The van der Waals surface area contributed by atoms with Crippen molar-refractivity contribution in [3.05, 3.63) is 53.6 Å². The smallest absolute Gasteiger partial charge is 0.221 e. The summed E-state index contributed by atoms with van der Waals surface area (Å²) >= 11 is 0. The molecule has 154 valence electrons. The summed E-state index contributed by atoms with van der Waals surface area (Å²) in [5, 5.41) is 9.40. The number of aliphatic imine (C=N–C) groups is 1. The van der Waals surface area contributed by atoms with Crippen molar-refractivity contribution in [3.8, 4) is 11.5 Å². The molecular formula is C22H28N4O3. The number of fused-ring (bicyclic) bond motifs is 1. The zero-order chi connectivity index (χ0) is 20.6. The Kier molecular flexibility index (Phi) is 6.94. The minimum Gasteiger partial charge on any atom is -0.495 e. The van der Waals surface area contributed by atoms with Crippen LogP contribution in [-0.2, 0) is 17.8 Å². The Morgan fingerprint density at radius 2 is 2.07 bits per heavy atom. The fourth-order valence-corrected chi connectivity index (χ4v) is 3.23. The molecule has 1 aliphatic rings. The standard InChI is InChI=1S/C22H28N4O3/c1-4-23-22(25-14-18-12-17-7-5-6-8-20(17)29-18)24-13-16-9-10-21(28-3)19(11-16)26-15(2)27/h5-11,18H,4,12-14H2,1-3H3,(H,26,27)(H2,23,24,25). The van der Waals surface area contributed by atoms with E-state index in [-0.39, 0.29) is 12.0 Å². The zero-order valence-corrected chi connectivity index (χ0v) is 17.1. The highest BCUT2D eigenvalue weighted by molar-refractivity contribution is 5.90. The lowest BCUT2D eigenvalue weighted by atomic mass is 10.1. The molecule has 1 heterocycles. The van der Waals surface area contributed by atoms with Gasteiger partial charge >= 0.3 is 0 Å². The largest absolute Gasteiger partial charge is 0.495 e. The van der Waals surface area contributed by atoms with Gasteiger partial charge in [-0.3, -0.25) is 4.79 Å². The van der Waals surface area contributed by atoms with Crippen molar-refractivity contribution in [2.24, 2.45) is 4.99 Å². The van der Waals surface area contributed by atoms with E-state index in [4.69, 9.17) is 9.47 Å². The fourth-order valence-electron chi connectivity index (χ4n) is 3.23. The van der Waals surface area contributed by atoms with E-state index in [1.807, 2.05) is 43.3 Å². The van der Waals surface area contributed by atoms with Crippen LogP contribution in [0.15, 0.2) is 47.5 Å². The maximum Gasteiger partial charge on any atom is 0.221 e. The van der Waals surface area contributed by atoms with E-state index in [1.165, 1.54) is 12.5 Å². The first-order valence-corrected chi connectivity index (χ1v) is 9.80. The lowest BCUT2D eigenvalue weighted by Gasteiger charge is -2.15. The molecule has 2 aromatic rings. The van der Waals surface area contributed by atoms with Crippen LogP contribution in [0.4, 0.5) is 5.69 Å². The summed E-state index contributed by atoms with van der Waals surface area (Å²) < 4.78 is 11.3. The van der Waals surface area contributed by atoms with Crippen molar-refractivity contribution >= 4 is 17.6 Å². The number of carbonyl (C=O) groups is 1. The third-order valence-corrected chi connectivity index (χ3v) is 4.55. The highest BCUT2D eigenvalue weighted by atomic mass is 16.5. The first kappa shape index (κ1) is 20.5. The molecule has 2 aromatic carbocycles. The molecule has 0 radical (unpaired) electrons. The number of methoxy groups -OCH3 is 1. The van der Waals surface area contributed by atoms with E-state index in [0.717, 1.165) is 30.2 Å². The second-order valence-electron chi connectivity index (χ2n) is 6.84. The molecule has 1 aliphatic heterocycles. The third kappa shape index (κ3) is 5.63. The third-order valence-electron chi connectivity index (χ3n) is 4.55. The van der Waals surface area contributed by atoms with Gasteiger partial charge in [-0.15, -0.1) is 0 Å². The predicted octanol–water partition coefficient (Wildman–Crippen LogP) is 2.71. The molecule has 7 nitrogen and oxygen atoms in total. The van der Waals surface area contributed by atoms with Crippen molar-refractivity contribution < 1.29 is 14.3 Å². The second-order valence-corrected chi connectivity index (χ2v) is 6.84. The molecule has 0 saturated heterocycles. The van der Waals surface area contributed by atoms with Gasteiger partial charge in [0, 0.05) is 19.9 Å². The number of anilines is 1. The molecule has 3 rings (SSSR count). The van der Waals surface area contributed by atoms with E-state index >= 15 is 0 Å². The maximum absolute atomic E-state index is 11.4. The van der Waals surface area contributed by atoms with Gasteiger partial charge in [0.25, 0.3) is 0 Å². The minimum atomic E-state index is -0.142. The molecule has 0 aromatic heterocycles. The van der Waals surface area contributed by atoms with Crippen LogP contribution in [0.1, 0.15) is 25.0 Å². The molecule has 7 heteroatoms. The summed E-state index contributed by atoms with van der Waals surface area (Å²) in [6.07, 6.45) is 0.977. The average molecular weight is 396 g/mol. The van der Waals surface area contributed by atoms with E-state index in [1.54, 1.807) is 7.11 Å². The summed E-state index contributed by atoms with van der Waals surface area (Å²) in [7, 11) is 1.58. The molecule has 0 aliphatic carbocycles. The maximum atomic E-state index is 11.4. The molecule has 1 atom stereocenters. The van der Waals surface area contributed by atoms with Gasteiger partial charge in [0.2, 0.25) is 5.91 Å². The van der Waals surface area contributed by atoms with Crippen molar-refractivity contribution in [2.45, 2.75) is 32.9 Å². The van der Waals surface area contributed by atoms with Crippen LogP contribution in [0.2, 0.25) is 0 Å². The average Bonchev–Trinajstić information content (AvgIpc) is 3.13. The first-order valence-electron chi connectivity index (χ1n) is 9.80. The van der Waals surface area contributed by atoms with Crippen molar-refractivity contribution in [2.75, 3.05) is 25.5 Å². The number of benzene rings is 2.